The number of nitrogens with zero attached hydrogens (tertiary/aromatic N) is 2. The molecule has 0 bridgehead atoms. The van der Waals surface area contributed by atoms with Gasteiger partial charge < -0.3 is 10.2 Å². The van der Waals surface area contributed by atoms with Gasteiger partial charge in [-0.05, 0) is 12.0 Å². The van der Waals surface area contributed by atoms with E-state index in [2.05, 4.69) is 22.4 Å². The van der Waals surface area contributed by atoms with Crippen molar-refractivity contribution in [3.8, 4) is 0 Å². The summed E-state index contributed by atoms with van der Waals surface area (Å²) in [4.78, 5) is 30.2. The third-order valence-corrected chi connectivity index (χ3v) is 4.81. The minimum Gasteiger partial charge on any atom is -0.342 e. The maximum atomic E-state index is 12.2. The second-order valence-electron chi connectivity index (χ2n) is 5.50. The third-order valence-electron chi connectivity index (χ3n) is 3.91. The van der Waals surface area contributed by atoms with Crippen LogP contribution >= 0.6 is 11.8 Å². The molecule has 0 aromatic heterocycles. The predicted molar refractivity (Wildman–Crippen MR) is 87.7 cm³/mol. The van der Waals surface area contributed by atoms with Crippen molar-refractivity contribution in [1.82, 2.24) is 10.2 Å². The molecule has 2 aliphatic rings. The maximum Gasteiger partial charge on any atom is 0.231 e. The summed E-state index contributed by atoms with van der Waals surface area (Å²) < 4.78 is 0. The first-order valence-electron chi connectivity index (χ1n) is 7.52. The number of carbonyl (C=O) groups excluding carboxylic acids is 2. The molecule has 0 spiro atoms. The summed E-state index contributed by atoms with van der Waals surface area (Å²) >= 11 is 1.56. The first-order chi connectivity index (χ1) is 10.7. The van der Waals surface area contributed by atoms with Crippen LogP contribution in [0.25, 0.3) is 0 Å². The van der Waals surface area contributed by atoms with Crippen molar-refractivity contribution in [1.29, 1.82) is 0 Å². The summed E-state index contributed by atoms with van der Waals surface area (Å²) in [5.41, 5.74) is 1.21. The number of hydrogen-bond donors (Lipinski definition) is 1. The van der Waals surface area contributed by atoms with Crippen LogP contribution in [-0.4, -0.2) is 47.3 Å². The van der Waals surface area contributed by atoms with Crippen molar-refractivity contribution in [3.05, 3.63) is 35.9 Å². The van der Waals surface area contributed by atoms with E-state index in [1.807, 2.05) is 18.2 Å². The van der Waals surface area contributed by atoms with E-state index in [0.29, 0.717) is 24.7 Å². The molecule has 1 atom stereocenters. The first kappa shape index (κ1) is 15.1. The molecular weight excluding hydrogens is 298 g/mol. The molecule has 1 N–H and O–H groups in total. The lowest BCUT2D eigenvalue weighted by Gasteiger charge is -2.16. The van der Waals surface area contributed by atoms with Gasteiger partial charge in [-0.3, -0.25) is 14.6 Å². The van der Waals surface area contributed by atoms with Crippen LogP contribution in [0.2, 0.25) is 0 Å². The van der Waals surface area contributed by atoms with Gasteiger partial charge in [0, 0.05) is 25.3 Å². The van der Waals surface area contributed by atoms with Crippen LogP contribution in [0.1, 0.15) is 12.0 Å². The number of thioether (sulfide) groups is 1. The van der Waals surface area contributed by atoms with E-state index >= 15 is 0 Å². The summed E-state index contributed by atoms with van der Waals surface area (Å²) in [5, 5.41) is 3.53. The van der Waals surface area contributed by atoms with Gasteiger partial charge in [0.1, 0.15) is 0 Å². The molecule has 1 saturated heterocycles. The zero-order chi connectivity index (χ0) is 15.4. The number of amidine groups is 1. The van der Waals surface area contributed by atoms with Crippen molar-refractivity contribution in [2.45, 2.75) is 12.8 Å². The van der Waals surface area contributed by atoms with Crippen molar-refractivity contribution in [3.63, 3.8) is 0 Å². The smallest absolute Gasteiger partial charge is 0.231 e. The molecule has 1 aromatic carbocycles. The predicted octanol–water partition coefficient (Wildman–Crippen LogP) is 1.30. The highest BCUT2D eigenvalue weighted by Crippen LogP contribution is 2.19. The Morgan fingerprint density at radius 3 is 2.91 bits per heavy atom. The van der Waals surface area contributed by atoms with Gasteiger partial charge in [0.15, 0.2) is 5.17 Å². The van der Waals surface area contributed by atoms with E-state index in [1.54, 1.807) is 16.7 Å². The molecule has 1 unspecified atom stereocenters. The molecule has 1 fully saturated rings. The Hall–Kier alpha value is -1.82. The standard InChI is InChI=1S/C16H19N3O2S/c20-14-10-13(15(21)18-16-17-7-9-22-16)11-19(14)8-6-12-4-2-1-3-5-12/h1-5,13H,6-11H2,(H,17,18,21). The molecule has 0 radical (unpaired) electrons. The average molecular weight is 317 g/mol. The second-order valence-corrected chi connectivity index (χ2v) is 6.58. The van der Waals surface area contributed by atoms with E-state index in [1.165, 1.54) is 5.56 Å². The largest absolute Gasteiger partial charge is 0.342 e. The highest BCUT2D eigenvalue weighted by atomic mass is 32.2. The van der Waals surface area contributed by atoms with E-state index in [0.717, 1.165) is 18.7 Å². The Balaban J connectivity index is 1.50. The Bertz CT molecular complexity index is 588. The topological polar surface area (TPSA) is 61.8 Å². The zero-order valence-corrected chi connectivity index (χ0v) is 13.1. The van der Waals surface area contributed by atoms with Crippen LogP contribution in [0.4, 0.5) is 0 Å². The van der Waals surface area contributed by atoms with Gasteiger partial charge in [-0.25, -0.2) is 0 Å². The number of aliphatic imine (C=N–C) groups is 1. The fourth-order valence-corrected chi connectivity index (χ4v) is 3.42. The fourth-order valence-electron chi connectivity index (χ4n) is 2.69. The summed E-state index contributed by atoms with van der Waals surface area (Å²) in [6.45, 7) is 1.94. The Morgan fingerprint density at radius 2 is 2.18 bits per heavy atom. The second kappa shape index (κ2) is 6.96. The van der Waals surface area contributed by atoms with Gasteiger partial charge in [0.25, 0.3) is 0 Å². The van der Waals surface area contributed by atoms with Gasteiger partial charge in [-0.15, -0.1) is 0 Å². The Morgan fingerprint density at radius 1 is 1.36 bits per heavy atom. The number of hydrogen-bond acceptors (Lipinski definition) is 4. The molecular formula is C16H19N3O2S. The van der Waals surface area contributed by atoms with E-state index in [4.69, 9.17) is 0 Å². The van der Waals surface area contributed by atoms with Crippen molar-refractivity contribution in [2.75, 3.05) is 25.4 Å². The monoisotopic (exact) mass is 317 g/mol. The molecule has 2 aliphatic heterocycles. The molecule has 6 heteroatoms. The molecule has 3 rings (SSSR count). The SMILES string of the molecule is O=C(NC1=NCCS1)C1CC(=O)N(CCc2ccccc2)C1. The number of rotatable bonds is 4. The highest BCUT2D eigenvalue weighted by molar-refractivity contribution is 8.14. The van der Waals surface area contributed by atoms with Crippen LogP contribution in [0.5, 0.6) is 0 Å². The Kier molecular flexibility index (Phi) is 4.77. The summed E-state index contributed by atoms with van der Waals surface area (Å²) in [5.74, 6) is 0.649. The van der Waals surface area contributed by atoms with Crippen molar-refractivity contribution < 1.29 is 9.59 Å². The summed E-state index contributed by atoms with van der Waals surface area (Å²) in [6.07, 6.45) is 1.13. The fraction of sp³-hybridized carbons (Fsp3) is 0.438. The van der Waals surface area contributed by atoms with Crippen LogP contribution < -0.4 is 5.32 Å². The van der Waals surface area contributed by atoms with Crippen molar-refractivity contribution in [2.24, 2.45) is 10.9 Å². The van der Waals surface area contributed by atoms with Gasteiger partial charge in [-0.2, -0.15) is 0 Å². The van der Waals surface area contributed by atoms with E-state index < -0.39 is 0 Å². The number of benzene rings is 1. The number of amides is 2. The number of carbonyl (C=O) groups is 2. The van der Waals surface area contributed by atoms with Gasteiger partial charge >= 0.3 is 0 Å². The van der Waals surface area contributed by atoms with E-state index in [9.17, 15) is 9.59 Å². The van der Waals surface area contributed by atoms with Crippen LogP contribution in [0.3, 0.4) is 0 Å². The molecule has 22 heavy (non-hydrogen) atoms. The molecule has 1 aromatic rings. The average Bonchev–Trinajstić information content (AvgIpc) is 3.16. The molecule has 0 saturated carbocycles. The normalized spacial score (nSPS) is 21.1. The summed E-state index contributed by atoms with van der Waals surface area (Å²) in [6, 6.07) is 10.1. The van der Waals surface area contributed by atoms with Gasteiger partial charge in [0.05, 0.1) is 12.5 Å². The third kappa shape index (κ3) is 3.68. The Labute approximate surface area is 134 Å². The van der Waals surface area contributed by atoms with Crippen LogP contribution in [0, 0.1) is 5.92 Å². The van der Waals surface area contributed by atoms with Gasteiger partial charge in [-0.1, -0.05) is 42.1 Å². The van der Waals surface area contributed by atoms with Gasteiger partial charge in [0.2, 0.25) is 11.8 Å². The molecule has 5 nitrogen and oxygen atoms in total. The highest BCUT2D eigenvalue weighted by Gasteiger charge is 2.34. The van der Waals surface area contributed by atoms with Crippen molar-refractivity contribution >= 4 is 28.7 Å². The molecule has 2 heterocycles. The number of likely N-dealkylation sites (tertiary alicyclic amines) is 1. The quantitative estimate of drug-likeness (QED) is 0.910. The molecule has 0 aliphatic carbocycles. The number of nitrogens with one attached hydrogen (secondary N) is 1. The van der Waals surface area contributed by atoms with Crippen LogP contribution in [-0.2, 0) is 16.0 Å². The lowest BCUT2D eigenvalue weighted by Crippen LogP contribution is -2.35. The lowest BCUT2D eigenvalue weighted by molar-refractivity contribution is -0.128. The minimum absolute atomic E-state index is 0.0668. The lowest BCUT2D eigenvalue weighted by atomic mass is 10.1. The van der Waals surface area contributed by atoms with Crippen LogP contribution in [0.15, 0.2) is 35.3 Å². The molecule has 116 valence electrons. The maximum absolute atomic E-state index is 12.2. The first-order valence-corrected chi connectivity index (χ1v) is 8.51. The molecule has 2 amide bonds. The minimum atomic E-state index is -0.257. The zero-order valence-electron chi connectivity index (χ0n) is 12.3. The van der Waals surface area contributed by atoms with E-state index in [-0.39, 0.29) is 17.7 Å². The summed E-state index contributed by atoms with van der Waals surface area (Å²) in [7, 11) is 0.